The summed E-state index contributed by atoms with van der Waals surface area (Å²) >= 11 is 0. The maximum atomic E-state index is 14.4. The van der Waals surface area contributed by atoms with Gasteiger partial charge in [-0.1, -0.05) is 54.6 Å². The van der Waals surface area contributed by atoms with Crippen LogP contribution in [0.1, 0.15) is 28.4 Å². The predicted octanol–water partition coefficient (Wildman–Crippen LogP) is 5.79. The highest BCUT2D eigenvalue weighted by Crippen LogP contribution is 2.33. The predicted molar refractivity (Wildman–Crippen MR) is 155 cm³/mol. The molecule has 1 fully saturated rings. The molecule has 1 unspecified atom stereocenters. The number of carbonyl (C=O) groups excluding carboxylic acids is 1. The van der Waals surface area contributed by atoms with Crippen molar-refractivity contribution >= 4 is 22.4 Å². The van der Waals surface area contributed by atoms with E-state index in [1.807, 2.05) is 77.7 Å². The molecule has 1 aliphatic heterocycles. The van der Waals surface area contributed by atoms with Crippen LogP contribution in [-0.4, -0.2) is 40.4 Å². The number of nitrogens with one attached hydrogen (secondary N) is 1. The van der Waals surface area contributed by atoms with Crippen molar-refractivity contribution in [1.29, 1.82) is 5.26 Å². The van der Waals surface area contributed by atoms with Gasteiger partial charge in [0, 0.05) is 24.7 Å². The van der Waals surface area contributed by atoms with Gasteiger partial charge in [0.1, 0.15) is 24.2 Å². The van der Waals surface area contributed by atoms with Crippen LogP contribution in [0.25, 0.3) is 10.8 Å². The Hall–Kier alpha value is -5.00. The molecule has 0 radical (unpaired) electrons. The summed E-state index contributed by atoms with van der Waals surface area (Å²) in [6.45, 7) is 1.78. The Morgan fingerprint density at radius 3 is 2.63 bits per heavy atom. The minimum absolute atomic E-state index is 0.0133. The third kappa shape index (κ3) is 5.67. The fourth-order valence-electron chi connectivity index (χ4n) is 5.40. The fourth-order valence-corrected chi connectivity index (χ4v) is 5.40. The molecule has 7 nitrogen and oxygen atoms in total. The molecule has 0 spiro atoms. The van der Waals surface area contributed by atoms with Crippen LogP contribution in [0.4, 0.5) is 10.1 Å². The van der Waals surface area contributed by atoms with E-state index in [-0.39, 0.29) is 24.1 Å². The number of nitriles is 1. The number of halogens is 1. The number of fused-ring (bicyclic) bond motifs is 1. The van der Waals surface area contributed by atoms with Crippen molar-refractivity contribution in [2.75, 3.05) is 24.5 Å². The van der Waals surface area contributed by atoms with Gasteiger partial charge in [-0.25, -0.2) is 9.37 Å². The molecule has 6 rings (SSSR count). The average Bonchev–Trinajstić information content (AvgIpc) is 3.54. The molecule has 1 saturated heterocycles. The molecule has 4 aromatic carbocycles. The smallest absolute Gasteiger partial charge is 0.241 e. The van der Waals surface area contributed by atoms with Gasteiger partial charge >= 0.3 is 0 Å². The van der Waals surface area contributed by atoms with Gasteiger partial charge in [-0.2, -0.15) is 5.26 Å². The Morgan fingerprint density at radius 1 is 1.00 bits per heavy atom. The Kier molecular flexibility index (Phi) is 7.44. The van der Waals surface area contributed by atoms with Gasteiger partial charge in [0.05, 0.1) is 35.9 Å². The van der Waals surface area contributed by atoms with Crippen LogP contribution in [0.5, 0.6) is 5.75 Å². The Morgan fingerprint density at radius 2 is 1.88 bits per heavy atom. The number of carbonyl (C=O) groups is 1. The minimum Gasteiger partial charge on any atom is -0.489 e. The first-order valence-electron chi connectivity index (χ1n) is 13.5. The van der Waals surface area contributed by atoms with E-state index in [0.717, 1.165) is 39.0 Å². The van der Waals surface area contributed by atoms with E-state index in [4.69, 9.17) is 10.00 Å². The number of benzene rings is 4. The summed E-state index contributed by atoms with van der Waals surface area (Å²) in [5.74, 6) is 0.182. The van der Waals surface area contributed by atoms with Gasteiger partial charge in [-0.15, -0.1) is 0 Å². The first-order valence-corrected chi connectivity index (χ1v) is 13.5. The molecular weight excluding hydrogens is 517 g/mol. The first-order chi connectivity index (χ1) is 20.1. The van der Waals surface area contributed by atoms with Crippen molar-refractivity contribution in [2.24, 2.45) is 0 Å². The molecule has 2 heterocycles. The molecule has 41 heavy (non-hydrogen) atoms. The van der Waals surface area contributed by atoms with Crippen LogP contribution in [0.3, 0.4) is 0 Å². The lowest BCUT2D eigenvalue weighted by atomic mass is 9.99. The minimum atomic E-state index is -0.544. The second kappa shape index (κ2) is 11.6. The monoisotopic (exact) mass is 545 g/mol. The van der Waals surface area contributed by atoms with Gasteiger partial charge in [0.15, 0.2) is 0 Å². The van der Waals surface area contributed by atoms with Crippen LogP contribution in [-0.2, 0) is 17.8 Å². The first kappa shape index (κ1) is 26.2. The molecule has 1 aromatic heterocycles. The highest BCUT2D eigenvalue weighted by Gasteiger charge is 2.32. The summed E-state index contributed by atoms with van der Waals surface area (Å²) in [7, 11) is 0. The van der Waals surface area contributed by atoms with E-state index in [1.165, 1.54) is 12.1 Å². The molecule has 0 saturated carbocycles. The van der Waals surface area contributed by atoms with Crippen LogP contribution >= 0.6 is 0 Å². The van der Waals surface area contributed by atoms with Crippen LogP contribution < -0.4 is 9.64 Å². The lowest BCUT2D eigenvalue weighted by molar-refractivity contribution is -0.122. The summed E-state index contributed by atoms with van der Waals surface area (Å²) in [5, 5.41) is 11.1. The lowest BCUT2D eigenvalue weighted by Crippen LogP contribution is -2.52. The quantitative estimate of drug-likeness (QED) is 0.267. The number of imidazole rings is 1. The zero-order valence-corrected chi connectivity index (χ0v) is 22.3. The Bertz CT molecular complexity index is 1720. The maximum absolute atomic E-state index is 14.4. The number of piperazine rings is 1. The van der Waals surface area contributed by atoms with E-state index in [2.05, 4.69) is 14.9 Å². The standard InChI is InChI=1S/C33H28FN5O2/c34-29-15-24(9-10-26(29)18-35)16-32(30-19-36-22-37-30)38-13-14-39(33(40)20-38)31-8-4-7-25-11-12-27(17-28(25)31)41-21-23-5-2-1-3-6-23/h1-12,15,17,19,22,32H,13-14,16,20-21H2,(H,36,37). The zero-order valence-electron chi connectivity index (χ0n) is 22.3. The number of ether oxygens (including phenoxy) is 1. The highest BCUT2D eigenvalue weighted by atomic mass is 19.1. The van der Waals surface area contributed by atoms with Crippen molar-refractivity contribution in [1.82, 2.24) is 14.9 Å². The second-order valence-electron chi connectivity index (χ2n) is 10.1. The molecule has 204 valence electrons. The summed E-state index contributed by atoms with van der Waals surface area (Å²) in [5.41, 5.74) is 3.54. The number of hydrogen-bond donors (Lipinski definition) is 1. The molecule has 1 amide bonds. The highest BCUT2D eigenvalue weighted by molar-refractivity contribution is 6.05. The largest absolute Gasteiger partial charge is 0.489 e. The van der Waals surface area contributed by atoms with Crippen molar-refractivity contribution in [3.05, 3.63) is 126 Å². The number of nitrogens with zero attached hydrogens (tertiary/aromatic N) is 4. The number of hydrogen-bond acceptors (Lipinski definition) is 5. The Labute approximate surface area is 237 Å². The van der Waals surface area contributed by atoms with E-state index < -0.39 is 5.82 Å². The molecule has 1 aliphatic rings. The van der Waals surface area contributed by atoms with E-state index >= 15 is 0 Å². The number of rotatable bonds is 8. The van der Waals surface area contributed by atoms with Crippen LogP contribution in [0.2, 0.25) is 0 Å². The van der Waals surface area contributed by atoms with Crippen molar-refractivity contribution < 1.29 is 13.9 Å². The average molecular weight is 546 g/mol. The van der Waals surface area contributed by atoms with Crippen molar-refractivity contribution in [2.45, 2.75) is 19.1 Å². The number of H-pyrrole nitrogens is 1. The normalized spacial score (nSPS) is 14.6. The van der Waals surface area contributed by atoms with Gasteiger partial charge < -0.3 is 14.6 Å². The van der Waals surface area contributed by atoms with E-state index in [9.17, 15) is 9.18 Å². The lowest BCUT2D eigenvalue weighted by Gasteiger charge is -2.39. The van der Waals surface area contributed by atoms with Gasteiger partial charge in [-0.05, 0) is 53.3 Å². The molecular formula is C33H28FN5O2. The topological polar surface area (TPSA) is 85.2 Å². The SMILES string of the molecule is N#Cc1ccc(CC(c2cnc[nH]2)N2CCN(c3cccc4ccc(OCc5ccccc5)cc34)C(=O)C2)cc1F. The molecule has 8 heteroatoms. The van der Waals surface area contributed by atoms with Gasteiger partial charge in [0.2, 0.25) is 5.91 Å². The van der Waals surface area contributed by atoms with Gasteiger partial charge in [0.25, 0.3) is 0 Å². The van der Waals surface area contributed by atoms with Crippen molar-refractivity contribution in [3.63, 3.8) is 0 Å². The van der Waals surface area contributed by atoms with E-state index in [1.54, 1.807) is 18.6 Å². The summed E-state index contributed by atoms with van der Waals surface area (Å²) in [6.07, 6.45) is 3.81. The number of aromatic nitrogens is 2. The van der Waals surface area contributed by atoms with Crippen molar-refractivity contribution in [3.8, 4) is 11.8 Å². The number of anilines is 1. The number of aromatic amines is 1. The Balaban J connectivity index is 1.22. The molecule has 5 aromatic rings. The van der Waals surface area contributed by atoms with Crippen LogP contribution in [0, 0.1) is 17.1 Å². The fraction of sp³-hybridized carbons (Fsp3) is 0.182. The molecule has 1 N–H and O–H groups in total. The van der Waals surface area contributed by atoms with E-state index in [0.29, 0.717) is 26.1 Å². The third-order valence-corrected chi connectivity index (χ3v) is 7.52. The molecule has 1 atom stereocenters. The summed E-state index contributed by atoms with van der Waals surface area (Å²) < 4.78 is 20.4. The van der Waals surface area contributed by atoms with Gasteiger partial charge in [-0.3, -0.25) is 9.69 Å². The maximum Gasteiger partial charge on any atom is 0.241 e. The van der Waals surface area contributed by atoms with Crippen LogP contribution in [0.15, 0.2) is 97.5 Å². The second-order valence-corrected chi connectivity index (χ2v) is 10.1. The third-order valence-electron chi connectivity index (χ3n) is 7.52. The summed E-state index contributed by atoms with van der Waals surface area (Å²) in [6, 6.07) is 28.3. The number of amides is 1. The summed E-state index contributed by atoms with van der Waals surface area (Å²) in [4.78, 5) is 24.9. The molecule has 0 aliphatic carbocycles. The zero-order chi connectivity index (χ0) is 28.2. The molecule has 0 bridgehead atoms.